The molecule has 0 atom stereocenters. The van der Waals surface area contributed by atoms with Gasteiger partial charge in [0, 0.05) is 0 Å². The van der Waals surface area contributed by atoms with Gasteiger partial charge >= 0.3 is 0 Å². The molecule has 0 unspecified atom stereocenters. The Morgan fingerprint density at radius 1 is 1.25 bits per heavy atom. The van der Waals surface area contributed by atoms with Crippen LogP contribution < -0.4 is 0 Å². The summed E-state index contributed by atoms with van der Waals surface area (Å²) in [5.74, 6) is 1.80. The summed E-state index contributed by atoms with van der Waals surface area (Å²) in [4.78, 5) is 8.02. The van der Waals surface area contributed by atoms with Crippen LogP contribution in [-0.2, 0) is 0 Å². The molecule has 12 heavy (non-hydrogen) atoms. The highest BCUT2D eigenvalue weighted by molar-refractivity contribution is 7.71. The van der Waals surface area contributed by atoms with Crippen molar-refractivity contribution in [2.45, 2.75) is 6.92 Å². The molecule has 0 aliphatic rings. The van der Waals surface area contributed by atoms with Crippen molar-refractivity contribution in [3.05, 3.63) is 10.6 Å². The van der Waals surface area contributed by atoms with Gasteiger partial charge in [-0.3, -0.25) is 15.3 Å². The summed E-state index contributed by atoms with van der Waals surface area (Å²) < 4.78 is 0.396. The molecule has 0 bridgehead atoms. The van der Waals surface area contributed by atoms with Crippen LogP contribution in [0.3, 0.4) is 0 Å². The van der Waals surface area contributed by atoms with Crippen molar-refractivity contribution in [1.29, 1.82) is 0 Å². The van der Waals surface area contributed by atoms with Gasteiger partial charge in [-0.05, 0) is 19.1 Å². The summed E-state index contributed by atoms with van der Waals surface area (Å²) in [6.07, 6.45) is 0. The van der Waals surface area contributed by atoms with Gasteiger partial charge in [-0.15, -0.1) is 0 Å². The smallest absolute Gasteiger partial charge is 0.218 e. The van der Waals surface area contributed by atoms with Gasteiger partial charge in [-0.25, -0.2) is 4.98 Å². The number of nitrogens with zero attached hydrogens (tertiary/aromatic N) is 3. The Morgan fingerprint density at radius 3 is 2.58 bits per heavy atom. The first-order valence-corrected chi connectivity index (χ1v) is 3.70. The third kappa shape index (κ3) is 1.14. The fraction of sp³-hybridized carbons (Fsp3) is 0.200. The number of hydrogen-bond donors (Lipinski definition) is 3. The van der Waals surface area contributed by atoms with E-state index in [4.69, 9.17) is 12.2 Å². The molecule has 2 aromatic rings. The van der Waals surface area contributed by atoms with Crippen molar-refractivity contribution in [2.24, 2.45) is 0 Å². The number of aromatic nitrogens is 6. The third-order valence-corrected chi connectivity index (χ3v) is 1.50. The Morgan fingerprint density at radius 2 is 2.08 bits per heavy atom. The van der Waals surface area contributed by atoms with Gasteiger partial charge in [0.2, 0.25) is 10.6 Å². The standard InChI is InChI=1S/C5H6N6S/c1-2-6-3(9-8-2)4-7-5(12)11-10-4/h1H3,(H,6,8,9)(H2,7,10,11,12). The number of H-pyrrole nitrogens is 3. The van der Waals surface area contributed by atoms with E-state index in [-0.39, 0.29) is 0 Å². The van der Waals surface area contributed by atoms with Crippen LogP contribution in [0.5, 0.6) is 0 Å². The largest absolute Gasteiger partial charge is 0.279 e. The SMILES string of the molecule is Cc1nc(-c2nc(=S)[nH][nH]2)n[nH]1. The topological polar surface area (TPSA) is 86.0 Å². The van der Waals surface area contributed by atoms with E-state index in [9.17, 15) is 0 Å². The molecular formula is C5H6N6S. The lowest BCUT2D eigenvalue weighted by Gasteiger charge is -1.81. The quantitative estimate of drug-likeness (QED) is 0.562. The van der Waals surface area contributed by atoms with Gasteiger partial charge < -0.3 is 0 Å². The maximum absolute atomic E-state index is 4.78. The summed E-state index contributed by atoms with van der Waals surface area (Å²) in [5, 5.41) is 12.0. The second-order valence-corrected chi connectivity index (χ2v) is 2.65. The van der Waals surface area contributed by atoms with Crippen molar-refractivity contribution in [3.8, 4) is 11.6 Å². The van der Waals surface area contributed by atoms with Gasteiger partial charge in [-0.1, -0.05) is 0 Å². The molecule has 0 saturated carbocycles. The van der Waals surface area contributed by atoms with Crippen molar-refractivity contribution < 1.29 is 0 Å². The average molecular weight is 182 g/mol. The number of hydrogen-bond acceptors (Lipinski definition) is 4. The van der Waals surface area contributed by atoms with Crippen molar-refractivity contribution >= 4 is 12.2 Å². The zero-order valence-corrected chi connectivity index (χ0v) is 7.07. The third-order valence-electron chi connectivity index (χ3n) is 1.31. The molecule has 2 rings (SSSR count). The second kappa shape index (κ2) is 2.52. The Bertz CT molecular complexity index is 436. The number of nitrogens with one attached hydrogen (secondary N) is 3. The maximum Gasteiger partial charge on any atom is 0.218 e. The van der Waals surface area contributed by atoms with Crippen LogP contribution in [0.2, 0.25) is 0 Å². The van der Waals surface area contributed by atoms with E-state index in [2.05, 4.69) is 30.4 Å². The summed E-state index contributed by atoms with van der Waals surface area (Å²) in [7, 11) is 0. The van der Waals surface area contributed by atoms with E-state index in [0.717, 1.165) is 5.82 Å². The van der Waals surface area contributed by atoms with E-state index < -0.39 is 0 Å². The predicted molar refractivity (Wildman–Crippen MR) is 43.9 cm³/mol. The lowest BCUT2D eigenvalue weighted by atomic mass is 10.6. The van der Waals surface area contributed by atoms with E-state index in [1.807, 2.05) is 6.92 Å². The molecule has 6 nitrogen and oxygen atoms in total. The Labute approximate surface area is 72.4 Å². The van der Waals surface area contributed by atoms with Crippen LogP contribution in [0.15, 0.2) is 0 Å². The van der Waals surface area contributed by atoms with Crippen LogP contribution in [0.1, 0.15) is 5.82 Å². The average Bonchev–Trinajstić information content (AvgIpc) is 2.58. The van der Waals surface area contributed by atoms with Crippen LogP contribution in [0, 0.1) is 11.7 Å². The summed E-state index contributed by atoms with van der Waals surface area (Å²) >= 11 is 4.78. The minimum absolute atomic E-state index is 0.396. The fourth-order valence-electron chi connectivity index (χ4n) is 0.825. The van der Waals surface area contributed by atoms with Crippen LogP contribution in [-0.4, -0.2) is 30.4 Å². The van der Waals surface area contributed by atoms with Crippen LogP contribution >= 0.6 is 12.2 Å². The molecule has 0 aromatic carbocycles. The molecule has 3 N–H and O–H groups in total. The predicted octanol–water partition coefficient (Wildman–Crippen LogP) is 0.561. The molecule has 0 saturated heterocycles. The maximum atomic E-state index is 4.78. The molecule has 2 aromatic heterocycles. The molecule has 0 spiro atoms. The molecule has 0 aliphatic heterocycles. The zero-order valence-electron chi connectivity index (χ0n) is 6.25. The first-order chi connectivity index (χ1) is 5.75. The number of rotatable bonds is 1. The summed E-state index contributed by atoms with van der Waals surface area (Å²) in [6.45, 7) is 1.82. The minimum atomic E-state index is 0.396. The molecule has 0 amide bonds. The van der Waals surface area contributed by atoms with Gasteiger partial charge in [0.15, 0.2) is 5.82 Å². The molecule has 0 aliphatic carbocycles. The highest BCUT2D eigenvalue weighted by Crippen LogP contribution is 2.05. The second-order valence-electron chi connectivity index (χ2n) is 2.26. The molecule has 7 heteroatoms. The van der Waals surface area contributed by atoms with Crippen LogP contribution in [0.25, 0.3) is 11.6 Å². The Hall–Kier alpha value is -1.50. The van der Waals surface area contributed by atoms with Gasteiger partial charge in [0.05, 0.1) is 0 Å². The van der Waals surface area contributed by atoms with Crippen molar-refractivity contribution in [3.63, 3.8) is 0 Å². The first kappa shape index (κ1) is 7.17. The molecular weight excluding hydrogens is 176 g/mol. The molecule has 2 heterocycles. The van der Waals surface area contributed by atoms with E-state index in [1.165, 1.54) is 0 Å². The van der Waals surface area contributed by atoms with Crippen molar-refractivity contribution in [1.82, 2.24) is 30.4 Å². The zero-order chi connectivity index (χ0) is 8.55. The lowest BCUT2D eigenvalue weighted by molar-refractivity contribution is 1.03. The minimum Gasteiger partial charge on any atom is -0.279 e. The monoisotopic (exact) mass is 182 g/mol. The van der Waals surface area contributed by atoms with Gasteiger partial charge in [0.1, 0.15) is 5.82 Å². The molecule has 0 fully saturated rings. The van der Waals surface area contributed by atoms with Crippen LogP contribution in [0.4, 0.5) is 0 Å². The number of aryl methyl sites for hydroxylation is 1. The summed E-state index contributed by atoms with van der Waals surface area (Å²) in [5.41, 5.74) is 0. The lowest BCUT2D eigenvalue weighted by Crippen LogP contribution is -1.82. The normalized spacial score (nSPS) is 10.4. The Balaban J connectivity index is 2.50. The molecule has 0 radical (unpaired) electrons. The first-order valence-electron chi connectivity index (χ1n) is 3.30. The van der Waals surface area contributed by atoms with Crippen molar-refractivity contribution in [2.75, 3.05) is 0 Å². The van der Waals surface area contributed by atoms with E-state index >= 15 is 0 Å². The van der Waals surface area contributed by atoms with Gasteiger partial charge in [0.25, 0.3) is 0 Å². The fourth-order valence-corrected chi connectivity index (χ4v) is 0.967. The van der Waals surface area contributed by atoms with E-state index in [0.29, 0.717) is 16.4 Å². The number of aromatic amines is 3. The highest BCUT2D eigenvalue weighted by Gasteiger charge is 2.05. The van der Waals surface area contributed by atoms with E-state index in [1.54, 1.807) is 0 Å². The highest BCUT2D eigenvalue weighted by atomic mass is 32.1. The summed E-state index contributed by atoms with van der Waals surface area (Å²) in [6, 6.07) is 0. The Kier molecular flexibility index (Phi) is 1.51. The van der Waals surface area contributed by atoms with Gasteiger partial charge in [-0.2, -0.15) is 10.1 Å². The molecule has 62 valence electrons.